The lowest BCUT2D eigenvalue weighted by Gasteiger charge is -2.19. The van der Waals surface area contributed by atoms with Crippen LogP contribution in [0.3, 0.4) is 0 Å². The van der Waals surface area contributed by atoms with Crippen molar-refractivity contribution < 1.29 is 14.1 Å². The Hall–Kier alpha value is -2.37. The number of ether oxygens (including phenoxy) is 1. The number of nitrogens with zero attached hydrogens (tertiary/aromatic N) is 2. The van der Waals surface area contributed by atoms with Gasteiger partial charge in [-0.2, -0.15) is 4.98 Å². The predicted octanol–water partition coefficient (Wildman–Crippen LogP) is 6.41. The van der Waals surface area contributed by atoms with E-state index in [4.69, 9.17) is 9.26 Å². The number of unbranched alkanes of at least 4 members (excludes halogenated alkanes) is 6. The Labute approximate surface area is 193 Å². The van der Waals surface area contributed by atoms with Crippen LogP contribution in [0, 0.1) is 0 Å². The fraction of sp³-hybridized carbons (Fsp3) is 0.654. The Kier molecular flexibility index (Phi) is 11.3. The molecule has 178 valence electrons. The van der Waals surface area contributed by atoms with Gasteiger partial charge >= 0.3 is 6.09 Å². The van der Waals surface area contributed by atoms with Gasteiger partial charge in [0, 0.05) is 19.4 Å². The van der Waals surface area contributed by atoms with Crippen LogP contribution in [-0.4, -0.2) is 28.4 Å². The van der Waals surface area contributed by atoms with Crippen molar-refractivity contribution in [3.8, 4) is 0 Å². The molecular formula is C26H41N3O3. The first kappa shape index (κ1) is 25.9. The van der Waals surface area contributed by atoms with E-state index in [2.05, 4.69) is 46.6 Å². The molecular weight excluding hydrogens is 402 g/mol. The van der Waals surface area contributed by atoms with E-state index in [-0.39, 0.29) is 0 Å². The van der Waals surface area contributed by atoms with Gasteiger partial charge in [0.05, 0.1) is 0 Å². The monoisotopic (exact) mass is 443 g/mol. The zero-order chi connectivity index (χ0) is 23.2. The van der Waals surface area contributed by atoms with E-state index < -0.39 is 11.7 Å². The van der Waals surface area contributed by atoms with Crippen molar-refractivity contribution in [2.24, 2.45) is 0 Å². The third kappa shape index (κ3) is 11.3. The van der Waals surface area contributed by atoms with Gasteiger partial charge in [0.1, 0.15) is 5.60 Å². The van der Waals surface area contributed by atoms with Crippen molar-refractivity contribution in [1.82, 2.24) is 15.5 Å². The molecule has 1 aromatic carbocycles. The van der Waals surface area contributed by atoms with Crippen molar-refractivity contribution in [2.45, 2.75) is 104 Å². The molecule has 0 atom stereocenters. The highest BCUT2D eigenvalue weighted by Gasteiger charge is 2.15. The standard InChI is InChI=1S/C26H41N3O3/c1-5-6-7-8-9-10-11-13-21-15-17-22(18-16-21)20-23-28-24(32-29-23)14-12-19-27-25(30)31-26(2,3)4/h15-18H,5-14,19-20H2,1-4H3,(H,27,30). The van der Waals surface area contributed by atoms with Gasteiger partial charge in [0.15, 0.2) is 5.82 Å². The maximum Gasteiger partial charge on any atom is 0.407 e. The van der Waals surface area contributed by atoms with Gasteiger partial charge in [-0.15, -0.1) is 0 Å². The molecule has 0 bridgehead atoms. The molecule has 0 saturated heterocycles. The second-order valence-corrected chi connectivity index (χ2v) is 9.50. The molecule has 6 nitrogen and oxygen atoms in total. The molecule has 6 heteroatoms. The number of carbonyl (C=O) groups is 1. The quantitative estimate of drug-likeness (QED) is 0.341. The zero-order valence-electron chi connectivity index (χ0n) is 20.4. The van der Waals surface area contributed by atoms with Gasteiger partial charge in [-0.1, -0.05) is 74.9 Å². The summed E-state index contributed by atoms with van der Waals surface area (Å²) in [7, 11) is 0. The summed E-state index contributed by atoms with van der Waals surface area (Å²) in [6.07, 6.45) is 12.1. The number of alkyl carbamates (subject to hydrolysis) is 1. The molecule has 0 saturated carbocycles. The Bertz CT molecular complexity index is 778. The van der Waals surface area contributed by atoms with Crippen molar-refractivity contribution in [3.05, 3.63) is 47.1 Å². The van der Waals surface area contributed by atoms with Crippen molar-refractivity contribution >= 4 is 6.09 Å². The molecule has 1 heterocycles. The number of rotatable bonds is 14. The predicted molar refractivity (Wildman–Crippen MR) is 128 cm³/mol. The highest BCUT2D eigenvalue weighted by atomic mass is 16.6. The summed E-state index contributed by atoms with van der Waals surface area (Å²) in [4.78, 5) is 16.1. The molecule has 0 aliphatic rings. The smallest absolute Gasteiger partial charge is 0.407 e. The normalized spacial score (nSPS) is 11.5. The van der Waals surface area contributed by atoms with E-state index in [9.17, 15) is 4.79 Å². The maximum atomic E-state index is 11.6. The molecule has 32 heavy (non-hydrogen) atoms. The van der Waals surface area contributed by atoms with Crippen LogP contribution in [0.2, 0.25) is 0 Å². The summed E-state index contributed by atoms with van der Waals surface area (Å²) in [6, 6.07) is 8.76. The molecule has 0 radical (unpaired) electrons. The molecule has 0 unspecified atom stereocenters. The summed E-state index contributed by atoms with van der Waals surface area (Å²) in [5.74, 6) is 1.29. The van der Waals surface area contributed by atoms with E-state index >= 15 is 0 Å². The van der Waals surface area contributed by atoms with Crippen molar-refractivity contribution in [1.29, 1.82) is 0 Å². The van der Waals surface area contributed by atoms with Crippen LogP contribution in [0.25, 0.3) is 0 Å². The minimum Gasteiger partial charge on any atom is -0.444 e. The molecule has 1 aromatic heterocycles. The average Bonchev–Trinajstić information content (AvgIpc) is 3.18. The van der Waals surface area contributed by atoms with Crippen LogP contribution in [-0.2, 0) is 24.0 Å². The van der Waals surface area contributed by atoms with E-state index in [1.807, 2.05) is 20.8 Å². The number of amides is 1. The lowest BCUT2D eigenvalue weighted by molar-refractivity contribution is 0.0527. The fourth-order valence-corrected chi connectivity index (χ4v) is 3.50. The first-order valence-electron chi connectivity index (χ1n) is 12.2. The SMILES string of the molecule is CCCCCCCCCc1ccc(Cc2noc(CCCNC(=O)OC(C)(C)C)n2)cc1. The van der Waals surface area contributed by atoms with Crippen LogP contribution in [0.1, 0.15) is 102 Å². The summed E-state index contributed by atoms with van der Waals surface area (Å²) in [6.45, 7) is 8.30. The largest absolute Gasteiger partial charge is 0.444 e. The second kappa shape index (κ2) is 13.9. The average molecular weight is 444 g/mol. The number of hydrogen-bond donors (Lipinski definition) is 1. The first-order chi connectivity index (χ1) is 15.4. The van der Waals surface area contributed by atoms with Crippen LogP contribution in [0.5, 0.6) is 0 Å². The van der Waals surface area contributed by atoms with Crippen LogP contribution < -0.4 is 5.32 Å². The minimum atomic E-state index is -0.489. The molecule has 1 N–H and O–H groups in total. The van der Waals surface area contributed by atoms with Gasteiger partial charge in [-0.05, 0) is 51.2 Å². The van der Waals surface area contributed by atoms with E-state index in [0.29, 0.717) is 37.5 Å². The lowest BCUT2D eigenvalue weighted by atomic mass is 10.0. The molecule has 0 fully saturated rings. The van der Waals surface area contributed by atoms with Gasteiger partial charge < -0.3 is 14.6 Å². The lowest BCUT2D eigenvalue weighted by Crippen LogP contribution is -2.33. The molecule has 0 spiro atoms. The third-order valence-corrected chi connectivity index (χ3v) is 5.20. The Morgan fingerprint density at radius 3 is 2.28 bits per heavy atom. The van der Waals surface area contributed by atoms with Gasteiger partial charge in [0.25, 0.3) is 0 Å². The number of carbonyl (C=O) groups excluding carboxylic acids is 1. The minimum absolute atomic E-state index is 0.404. The Balaban J connectivity index is 1.64. The topological polar surface area (TPSA) is 77.2 Å². The summed E-state index contributed by atoms with van der Waals surface area (Å²) >= 11 is 0. The van der Waals surface area contributed by atoms with E-state index in [1.165, 1.54) is 56.1 Å². The Morgan fingerprint density at radius 1 is 0.938 bits per heavy atom. The van der Waals surface area contributed by atoms with E-state index in [1.54, 1.807) is 0 Å². The molecule has 0 aliphatic carbocycles. The van der Waals surface area contributed by atoms with Gasteiger partial charge in [-0.25, -0.2) is 4.79 Å². The summed E-state index contributed by atoms with van der Waals surface area (Å²) in [5.41, 5.74) is 2.10. The number of aromatic nitrogens is 2. The second-order valence-electron chi connectivity index (χ2n) is 9.50. The van der Waals surface area contributed by atoms with Crippen LogP contribution in [0.4, 0.5) is 4.79 Å². The van der Waals surface area contributed by atoms with E-state index in [0.717, 1.165) is 6.42 Å². The molecule has 1 amide bonds. The first-order valence-corrected chi connectivity index (χ1v) is 12.2. The summed E-state index contributed by atoms with van der Waals surface area (Å²) in [5, 5.41) is 6.83. The number of hydrogen-bond acceptors (Lipinski definition) is 5. The third-order valence-electron chi connectivity index (χ3n) is 5.20. The number of nitrogens with one attached hydrogen (secondary N) is 1. The van der Waals surface area contributed by atoms with Crippen LogP contribution >= 0.6 is 0 Å². The van der Waals surface area contributed by atoms with Gasteiger partial charge in [0.2, 0.25) is 5.89 Å². The molecule has 0 aliphatic heterocycles. The fourth-order valence-electron chi connectivity index (χ4n) is 3.50. The zero-order valence-corrected chi connectivity index (χ0v) is 20.4. The van der Waals surface area contributed by atoms with Crippen LogP contribution in [0.15, 0.2) is 28.8 Å². The maximum absolute atomic E-state index is 11.6. The number of aryl methyl sites for hydroxylation is 2. The van der Waals surface area contributed by atoms with Gasteiger partial charge in [-0.3, -0.25) is 0 Å². The van der Waals surface area contributed by atoms with Crippen molar-refractivity contribution in [2.75, 3.05) is 6.54 Å². The number of benzene rings is 1. The molecule has 2 aromatic rings. The summed E-state index contributed by atoms with van der Waals surface area (Å²) < 4.78 is 10.6. The highest BCUT2D eigenvalue weighted by molar-refractivity contribution is 5.67. The van der Waals surface area contributed by atoms with Crippen molar-refractivity contribution in [3.63, 3.8) is 0 Å². The molecule has 2 rings (SSSR count). The Morgan fingerprint density at radius 2 is 1.59 bits per heavy atom. The highest BCUT2D eigenvalue weighted by Crippen LogP contribution is 2.14.